The largest absolute Gasteiger partial charge is 0.376 e. The van der Waals surface area contributed by atoms with Crippen LogP contribution in [0, 0.1) is 6.92 Å². The summed E-state index contributed by atoms with van der Waals surface area (Å²) in [6, 6.07) is 15.6. The summed E-state index contributed by atoms with van der Waals surface area (Å²) in [5.74, 6) is -0.322. The molecule has 1 N–H and O–H groups in total. The molecule has 166 valence electrons. The first-order valence-corrected chi connectivity index (χ1v) is 11.2. The molecule has 1 atom stereocenters. The van der Waals surface area contributed by atoms with Gasteiger partial charge in [-0.05, 0) is 55.9 Å². The van der Waals surface area contributed by atoms with Crippen molar-refractivity contribution in [3.05, 3.63) is 99.2 Å². The standard InChI is InChI=1S/C26H29N3O3/c1-19-16-24(30)25(26(31)28-17-22-8-5-15-32-22)23(10-9-20-6-3-2-4-7-20)29(19)18-21-11-13-27-14-12-21/h2-4,6-7,11-14,16,22H,5,8-10,15,17-18H2,1H3,(H,28,31). The molecular formula is C26H29N3O3. The predicted molar refractivity (Wildman–Crippen MR) is 124 cm³/mol. The third-order valence-corrected chi connectivity index (χ3v) is 5.95. The first-order chi connectivity index (χ1) is 15.6. The second-order valence-electron chi connectivity index (χ2n) is 8.24. The first-order valence-electron chi connectivity index (χ1n) is 11.2. The van der Waals surface area contributed by atoms with Gasteiger partial charge in [0.2, 0.25) is 0 Å². The lowest BCUT2D eigenvalue weighted by Gasteiger charge is -2.21. The molecule has 3 aromatic rings. The van der Waals surface area contributed by atoms with Gasteiger partial charge in [-0.25, -0.2) is 0 Å². The molecule has 0 bridgehead atoms. The van der Waals surface area contributed by atoms with Crippen molar-refractivity contribution in [3.8, 4) is 0 Å². The van der Waals surface area contributed by atoms with Crippen molar-refractivity contribution in [2.45, 2.75) is 45.3 Å². The van der Waals surface area contributed by atoms with Crippen LogP contribution in [0.3, 0.4) is 0 Å². The first kappa shape index (κ1) is 22.0. The fraction of sp³-hybridized carbons (Fsp3) is 0.346. The Kier molecular flexibility index (Phi) is 7.12. The van der Waals surface area contributed by atoms with Crippen LogP contribution in [0.4, 0.5) is 0 Å². The van der Waals surface area contributed by atoms with E-state index in [1.165, 1.54) is 5.56 Å². The maximum atomic E-state index is 13.2. The molecule has 0 radical (unpaired) electrons. The summed E-state index contributed by atoms with van der Waals surface area (Å²) in [5.41, 5.74) is 3.84. The quantitative estimate of drug-likeness (QED) is 0.594. The summed E-state index contributed by atoms with van der Waals surface area (Å²) in [5, 5.41) is 2.94. The van der Waals surface area contributed by atoms with Crippen molar-refractivity contribution >= 4 is 5.91 Å². The summed E-state index contributed by atoms with van der Waals surface area (Å²) < 4.78 is 7.71. The number of benzene rings is 1. The van der Waals surface area contributed by atoms with E-state index in [4.69, 9.17) is 4.74 Å². The van der Waals surface area contributed by atoms with E-state index in [1.807, 2.05) is 37.3 Å². The van der Waals surface area contributed by atoms with Gasteiger partial charge in [-0.3, -0.25) is 14.6 Å². The summed E-state index contributed by atoms with van der Waals surface area (Å²) in [7, 11) is 0. The molecule has 1 unspecified atom stereocenters. The van der Waals surface area contributed by atoms with Gasteiger partial charge in [0.05, 0.1) is 6.10 Å². The molecule has 3 heterocycles. The van der Waals surface area contributed by atoms with Crippen LogP contribution in [-0.4, -0.2) is 34.7 Å². The highest BCUT2D eigenvalue weighted by Crippen LogP contribution is 2.16. The number of nitrogens with one attached hydrogen (secondary N) is 1. The van der Waals surface area contributed by atoms with E-state index in [0.29, 0.717) is 19.5 Å². The van der Waals surface area contributed by atoms with Crippen LogP contribution in [0.25, 0.3) is 0 Å². The number of rotatable bonds is 8. The predicted octanol–water partition coefficient (Wildman–Crippen LogP) is 3.29. The van der Waals surface area contributed by atoms with E-state index in [2.05, 4.69) is 27.0 Å². The molecule has 2 aromatic heterocycles. The highest BCUT2D eigenvalue weighted by molar-refractivity contribution is 5.95. The molecule has 1 saturated heterocycles. The van der Waals surface area contributed by atoms with Gasteiger partial charge in [0.15, 0.2) is 5.43 Å². The van der Waals surface area contributed by atoms with Crippen LogP contribution in [0.5, 0.6) is 0 Å². The molecule has 1 aliphatic rings. The normalized spacial score (nSPS) is 15.6. The number of hydrogen-bond donors (Lipinski definition) is 1. The van der Waals surface area contributed by atoms with Crippen molar-refractivity contribution in [1.29, 1.82) is 0 Å². The third-order valence-electron chi connectivity index (χ3n) is 5.95. The van der Waals surface area contributed by atoms with Crippen LogP contribution in [0.15, 0.2) is 65.7 Å². The van der Waals surface area contributed by atoms with Gasteiger partial charge in [0.1, 0.15) is 5.56 Å². The molecular weight excluding hydrogens is 402 g/mol. The number of hydrogen-bond acceptors (Lipinski definition) is 4. The molecule has 32 heavy (non-hydrogen) atoms. The Bertz CT molecular complexity index is 1100. The lowest BCUT2D eigenvalue weighted by Crippen LogP contribution is -2.37. The highest BCUT2D eigenvalue weighted by atomic mass is 16.5. The minimum absolute atomic E-state index is 0.0243. The Morgan fingerprint density at radius 3 is 2.62 bits per heavy atom. The molecule has 6 heteroatoms. The average molecular weight is 432 g/mol. The van der Waals surface area contributed by atoms with Crippen molar-refractivity contribution < 1.29 is 9.53 Å². The van der Waals surface area contributed by atoms with E-state index in [9.17, 15) is 9.59 Å². The second-order valence-corrected chi connectivity index (χ2v) is 8.24. The van der Waals surface area contributed by atoms with Crippen molar-refractivity contribution in [3.63, 3.8) is 0 Å². The number of nitrogens with zero attached hydrogens (tertiary/aromatic N) is 2. The number of pyridine rings is 2. The van der Waals surface area contributed by atoms with Gasteiger partial charge in [-0.1, -0.05) is 30.3 Å². The minimum Gasteiger partial charge on any atom is -0.376 e. The Hall–Kier alpha value is -3.25. The van der Waals surface area contributed by atoms with Gasteiger partial charge >= 0.3 is 0 Å². The SMILES string of the molecule is Cc1cc(=O)c(C(=O)NCC2CCCO2)c(CCc2ccccc2)n1Cc1ccncc1. The van der Waals surface area contributed by atoms with Crippen LogP contribution in [-0.2, 0) is 24.1 Å². The highest BCUT2D eigenvalue weighted by Gasteiger charge is 2.22. The van der Waals surface area contributed by atoms with E-state index in [1.54, 1.807) is 18.5 Å². The number of carbonyl (C=O) groups is 1. The topological polar surface area (TPSA) is 73.2 Å². The number of ether oxygens (including phenoxy) is 1. The fourth-order valence-corrected chi connectivity index (χ4v) is 4.23. The van der Waals surface area contributed by atoms with Gasteiger partial charge in [0.25, 0.3) is 5.91 Å². The van der Waals surface area contributed by atoms with E-state index < -0.39 is 0 Å². The summed E-state index contributed by atoms with van der Waals surface area (Å²) in [6.07, 6.45) is 6.81. The lowest BCUT2D eigenvalue weighted by atomic mass is 10.0. The van der Waals surface area contributed by atoms with E-state index in [0.717, 1.165) is 42.8 Å². The van der Waals surface area contributed by atoms with Gasteiger partial charge in [-0.2, -0.15) is 0 Å². The summed E-state index contributed by atoms with van der Waals surface area (Å²) in [6.45, 7) is 3.65. The zero-order chi connectivity index (χ0) is 22.3. The number of aromatic nitrogens is 2. The van der Waals surface area contributed by atoms with Gasteiger partial charge in [0, 0.05) is 49.5 Å². The Morgan fingerprint density at radius 2 is 1.91 bits per heavy atom. The number of amides is 1. The third kappa shape index (κ3) is 5.32. The maximum absolute atomic E-state index is 13.2. The summed E-state index contributed by atoms with van der Waals surface area (Å²) >= 11 is 0. The Labute approximate surface area is 188 Å². The molecule has 1 amide bonds. The van der Waals surface area contributed by atoms with Gasteiger partial charge in [-0.15, -0.1) is 0 Å². The molecule has 0 saturated carbocycles. The van der Waals surface area contributed by atoms with E-state index in [-0.39, 0.29) is 23.0 Å². The maximum Gasteiger partial charge on any atom is 0.257 e. The van der Waals surface area contributed by atoms with Crippen molar-refractivity contribution in [2.24, 2.45) is 0 Å². The zero-order valence-corrected chi connectivity index (χ0v) is 18.4. The molecule has 1 fully saturated rings. The van der Waals surface area contributed by atoms with Crippen LogP contribution >= 0.6 is 0 Å². The van der Waals surface area contributed by atoms with Crippen LogP contribution < -0.4 is 10.7 Å². The second kappa shape index (κ2) is 10.4. The van der Waals surface area contributed by atoms with Gasteiger partial charge < -0.3 is 14.6 Å². The molecule has 0 aliphatic carbocycles. The number of carbonyl (C=O) groups excluding carboxylic acids is 1. The van der Waals surface area contributed by atoms with Crippen LogP contribution in [0.1, 0.15) is 45.7 Å². The summed E-state index contributed by atoms with van der Waals surface area (Å²) in [4.78, 5) is 30.3. The van der Waals surface area contributed by atoms with Crippen LogP contribution in [0.2, 0.25) is 0 Å². The Morgan fingerprint density at radius 1 is 1.12 bits per heavy atom. The lowest BCUT2D eigenvalue weighted by molar-refractivity contribution is 0.0855. The average Bonchev–Trinajstić information content (AvgIpc) is 3.33. The van der Waals surface area contributed by atoms with Crippen molar-refractivity contribution in [1.82, 2.24) is 14.9 Å². The minimum atomic E-state index is -0.322. The zero-order valence-electron chi connectivity index (χ0n) is 18.4. The molecule has 1 aliphatic heterocycles. The molecule has 1 aromatic carbocycles. The van der Waals surface area contributed by atoms with Crippen molar-refractivity contribution in [2.75, 3.05) is 13.2 Å². The smallest absolute Gasteiger partial charge is 0.257 e. The molecule has 6 nitrogen and oxygen atoms in total. The molecule has 4 rings (SSSR count). The Balaban J connectivity index is 1.68. The number of aryl methyl sites for hydroxylation is 2. The van der Waals surface area contributed by atoms with E-state index >= 15 is 0 Å². The molecule has 0 spiro atoms. The fourth-order valence-electron chi connectivity index (χ4n) is 4.23. The monoisotopic (exact) mass is 431 g/mol.